The molecule has 0 radical (unpaired) electrons. The lowest BCUT2D eigenvalue weighted by Gasteiger charge is -2.02. The van der Waals surface area contributed by atoms with Crippen molar-refractivity contribution in [1.82, 2.24) is 9.55 Å². The molecule has 1 aromatic rings. The Kier molecular flexibility index (Phi) is 3.17. The van der Waals surface area contributed by atoms with Crippen LogP contribution < -0.4 is 11.2 Å². The minimum absolute atomic E-state index is 0.130. The molecule has 2 heterocycles. The number of aliphatic hydroxyl groups is 2. The summed E-state index contributed by atoms with van der Waals surface area (Å²) in [6.45, 7) is -0.130. The van der Waals surface area contributed by atoms with Crippen LogP contribution in [0.4, 0.5) is 0 Å². The van der Waals surface area contributed by atoms with Crippen LogP contribution in [0, 0.1) is 0 Å². The Labute approximate surface area is 109 Å². The van der Waals surface area contributed by atoms with Crippen LogP contribution in [0.2, 0.25) is 5.02 Å². The summed E-state index contributed by atoms with van der Waals surface area (Å²) in [6, 6.07) is 0. The molecule has 1 aliphatic rings. The molecule has 0 fully saturated rings. The van der Waals surface area contributed by atoms with Crippen LogP contribution in [0.3, 0.4) is 0 Å². The van der Waals surface area contributed by atoms with Crippen LogP contribution in [0.1, 0.15) is 0 Å². The van der Waals surface area contributed by atoms with Crippen molar-refractivity contribution in [2.75, 3.05) is 0 Å². The van der Waals surface area contributed by atoms with Crippen LogP contribution in [-0.2, 0) is 16.1 Å². The monoisotopic (exact) mass is 286 g/mol. The first-order valence-electron chi connectivity index (χ1n) is 4.94. The number of H-pyrrole nitrogens is 1. The van der Waals surface area contributed by atoms with Gasteiger partial charge in [0.25, 0.3) is 5.56 Å². The van der Waals surface area contributed by atoms with Crippen LogP contribution in [0.15, 0.2) is 39.1 Å². The molecule has 3 N–H and O–H groups in total. The lowest BCUT2D eigenvalue weighted by Crippen LogP contribution is -2.29. The Morgan fingerprint density at radius 1 is 1.32 bits per heavy atom. The Morgan fingerprint density at radius 2 is 2.00 bits per heavy atom. The maximum atomic E-state index is 11.4. The fourth-order valence-electron chi connectivity index (χ4n) is 1.35. The van der Waals surface area contributed by atoms with Gasteiger partial charge in [-0.25, -0.2) is 9.59 Å². The van der Waals surface area contributed by atoms with Gasteiger partial charge in [0.1, 0.15) is 5.02 Å². The quantitative estimate of drug-likeness (QED) is 0.656. The van der Waals surface area contributed by atoms with E-state index in [1.54, 1.807) is 0 Å². The highest BCUT2D eigenvalue weighted by Crippen LogP contribution is 2.21. The van der Waals surface area contributed by atoms with Gasteiger partial charge in [0.2, 0.25) is 11.5 Å². The molecule has 0 atom stereocenters. The number of carbonyl (C=O) groups excluding carboxylic acids is 1. The number of halogens is 1. The number of nitrogens with one attached hydrogen (secondary N) is 1. The topological polar surface area (TPSA) is 122 Å². The maximum Gasteiger partial charge on any atom is 0.383 e. The summed E-state index contributed by atoms with van der Waals surface area (Å²) in [5.41, 5.74) is -1.44. The molecular formula is C10H7ClN2O6. The van der Waals surface area contributed by atoms with Gasteiger partial charge in [0.05, 0.1) is 0 Å². The van der Waals surface area contributed by atoms with Gasteiger partial charge in [-0.15, -0.1) is 0 Å². The summed E-state index contributed by atoms with van der Waals surface area (Å²) in [5.74, 6) is -2.99. The highest BCUT2D eigenvalue weighted by atomic mass is 35.5. The highest BCUT2D eigenvalue weighted by Gasteiger charge is 2.29. The molecule has 2 rings (SSSR count). The average molecular weight is 287 g/mol. The highest BCUT2D eigenvalue weighted by molar-refractivity contribution is 6.30. The second-order valence-electron chi connectivity index (χ2n) is 3.54. The van der Waals surface area contributed by atoms with Crippen molar-refractivity contribution in [3.05, 3.63) is 55.4 Å². The summed E-state index contributed by atoms with van der Waals surface area (Å²) in [6.07, 6.45) is 2.27. The third-order valence-corrected chi connectivity index (χ3v) is 2.56. The van der Waals surface area contributed by atoms with Gasteiger partial charge in [0.15, 0.2) is 5.76 Å². The molecule has 8 nitrogen and oxygen atoms in total. The number of aromatic amines is 1. The second kappa shape index (κ2) is 4.65. The van der Waals surface area contributed by atoms with E-state index in [1.165, 1.54) is 6.08 Å². The van der Waals surface area contributed by atoms with E-state index in [0.29, 0.717) is 0 Å². The number of hydrogen-bond acceptors (Lipinski definition) is 6. The van der Waals surface area contributed by atoms with Crippen molar-refractivity contribution in [2.24, 2.45) is 0 Å². The maximum absolute atomic E-state index is 11.4. The van der Waals surface area contributed by atoms with Crippen molar-refractivity contribution in [3.63, 3.8) is 0 Å². The molecule has 100 valence electrons. The first-order valence-corrected chi connectivity index (χ1v) is 5.32. The van der Waals surface area contributed by atoms with Crippen molar-refractivity contribution < 1.29 is 19.7 Å². The van der Waals surface area contributed by atoms with Gasteiger partial charge in [0, 0.05) is 12.7 Å². The first-order chi connectivity index (χ1) is 8.90. The number of esters is 1. The van der Waals surface area contributed by atoms with Gasteiger partial charge in [-0.2, -0.15) is 0 Å². The molecule has 0 unspecified atom stereocenters. The van der Waals surface area contributed by atoms with Crippen molar-refractivity contribution in [1.29, 1.82) is 0 Å². The molecule has 0 saturated carbocycles. The molecule has 0 amide bonds. The summed E-state index contributed by atoms with van der Waals surface area (Å²) < 4.78 is 5.55. The molecule has 0 aliphatic carbocycles. The molecule has 9 heteroatoms. The van der Waals surface area contributed by atoms with Crippen LogP contribution in [-0.4, -0.2) is 25.7 Å². The predicted molar refractivity (Wildman–Crippen MR) is 62.8 cm³/mol. The van der Waals surface area contributed by atoms with Gasteiger partial charge in [-0.05, 0) is 6.08 Å². The number of allylic oxidation sites excluding steroid dienone is 1. The van der Waals surface area contributed by atoms with E-state index in [9.17, 15) is 19.5 Å². The normalized spacial score (nSPS) is 17.1. The molecule has 0 bridgehead atoms. The summed E-state index contributed by atoms with van der Waals surface area (Å²) in [7, 11) is 0. The van der Waals surface area contributed by atoms with Crippen molar-refractivity contribution >= 4 is 17.6 Å². The van der Waals surface area contributed by atoms with Gasteiger partial charge >= 0.3 is 11.7 Å². The van der Waals surface area contributed by atoms with Crippen LogP contribution >= 0.6 is 11.6 Å². The molecule has 0 aromatic carbocycles. The zero-order valence-corrected chi connectivity index (χ0v) is 9.97. The largest absolute Gasteiger partial charge is 0.502 e. The molecule has 19 heavy (non-hydrogen) atoms. The summed E-state index contributed by atoms with van der Waals surface area (Å²) >= 11 is 5.55. The second-order valence-corrected chi connectivity index (χ2v) is 3.95. The van der Waals surface area contributed by atoms with Gasteiger partial charge < -0.3 is 14.9 Å². The first kappa shape index (κ1) is 13.0. The minimum atomic E-state index is -1.09. The Morgan fingerprint density at radius 3 is 2.58 bits per heavy atom. The number of cyclic esters (lactones) is 1. The molecule has 1 aliphatic heterocycles. The third-order valence-electron chi connectivity index (χ3n) is 2.29. The standard InChI is InChI=1S/C10H7ClN2O6/c11-4-3-13(10(18)12-8(4)16)2-1-5-6(14)7(15)9(17)19-5/h1,3,14-15H,2H2,(H,12,16,18)/b5-1-. The number of rotatable bonds is 2. The van der Waals surface area contributed by atoms with Crippen LogP contribution in [0.5, 0.6) is 0 Å². The zero-order chi connectivity index (χ0) is 14.2. The van der Waals surface area contributed by atoms with E-state index < -0.39 is 28.7 Å². The van der Waals surface area contributed by atoms with Crippen molar-refractivity contribution in [2.45, 2.75) is 6.54 Å². The number of ether oxygens (including phenoxy) is 1. The van der Waals surface area contributed by atoms with Gasteiger partial charge in [-0.3, -0.25) is 14.3 Å². The average Bonchev–Trinajstić information content (AvgIpc) is 2.60. The minimum Gasteiger partial charge on any atom is -0.502 e. The number of aliphatic hydroxyl groups excluding tert-OH is 2. The summed E-state index contributed by atoms with van der Waals surface area (Å²) in [5, 5.41) is 18.2. The van der Waals surface area contributed by atoms with E-state index in [0.717, 1.165) is 10.8 Å². The molecule has 0 spiro atoms. The fourth-order valence-corrected chi connectivity index (χ4v) is 1.51. The predicted octanol–water partition coefficient (Wildman–Crippen LogP) is -0.0417. The van der Waals surface area contributed by atoms with E-state index in [2.05, 4.69) is 4.74 Å². The lowest BCUT2D eigenvalue weighted by molar-refractivity contribution is -0.135. The molecular weight excluding hydrogens is 280 g/mol. The Hall–Kier alpha value is -2.48. The molecule has 1 aromatic heterocycles. The van der Waals surface area contributed by atoms with Crippen LogP contribution in [0.25, 0.3) is 0 Å². The Bertz CT molecular complexity index is 726. The van der Waals surface area contributed by atoms with Gasteiger partial charge in [-0.1, -0.05) is 11.6 Å². The van der Waals surface area contributed by atoms with Crippen molar-refractivity contribution in [3.8, 4) is 0 Å². The lowest BCUT2D eigenvalue weighted by atomic mass is 10.3. The number of carbonyl (C=O) groups is 1. The van der Waals surface area contributed by atoms with E-state index in [4.69, 9.17) is 16.7 Å². The number of nitrogens with zero attached hydrogens (tertiary/aromatic N) is 1. The van der Waals surface area contributed by atoms with E-state index in [1.807, 2.05) is 4.98 Å². The summed E-state index contributed by atoms with van der Waals surface area (Å²) in [4.78, 5) is 35.3. The van der Waals surface area contributed by atoms with E-state index in [-0.39, 0.29) is 17.3 Å². The number of aromatic nitrogens is 2. The zero-order valence-electron chi connectivity index (χ0n) is 9.21. The smallest absolute Gasteiger partial charge is 0.383 e. The Balaban J connectivity index is 2.30. The fraction of sp³-hybridized carbons (Fsp3) is 0.100. The number of hydrogen-bond donors (Lipinski definition) is 3. The van der Waals surface area contributed by atoms with E-state index >= 15 is 0 Å². The third kappa shape index (κ3) is 2.38. The molecule has 0 saturated heterocycles. The SMILES string of the molecule is O=C1O/C(=C\Cn2cc(Cl)c(=O)[nH]c2=O)C(O)=C1O.